The van der Waals surface area contributed by atoms with Crippen molar-refractivity contribution in [1.29, 1.82) is 0 Å². The average molecular weight is 281 g/mol. The highest BCUT2D eigenvalue weighted by molar-refractivity contribution is 8.00. The number of allylic oxidation sites excluding steroid dienone is 1. The van der Waals surface area contributed by atoms with Gasteiger partial charge < -0.3 is 5.11 Å². The molecule has 2 aliphatic heterocycles. The van der Waals surface area contributed by atoms with Gasteiger partial charge in [-0.2, -0.15) is 11.8 Å². The number of rotatable bonds is 6. The number of aliphatic hydroxyl groups excluding tert-OH is 1. The number of thioether (sulfide) groups is 1. The van der Waals surface area contributed by atoms with Crippen LogP contribution in [0.25, 0.3) is 0 Å². The summed E-state index contributed by atoms with van der Waals surface area (Å²) < 4.78 is 0. The zero-order valence-corrected chi connectivity index (χ0v) is 13.0. The minimum Gasteiger partial charge on any atom is -0.394 e. The Morgan fingerprint density at radius 1 is 1.37 bits per heavy atom. The third kappa shape index (κ3) is 2.62. The molecule has 0 radical (unpaired) electrons. The third-order valence-electron chi connectivity index (χ3n) is 5.34. The summed E-state index contributed by atoms with van der Waals surface area (Å²) in [5, 5.41) is 10.5. The summed E-state index contributed by atoms with van der Waals surface area (Å²) in [6.45, 7) is 5.07. The molecule has 2 heterocycles. The van der Waals surface area contributed by atoms with Crippen molar-refractivity contribution >= 4 is 11.8 Å². The van der Waals surface area contributed by atoms with Gasteiger partial charge in [0.15, 0.2) is 0 Å². The van der Waals surface area contributed by atoms with Crippen molar-refractivity contribution < 1.29 is 5.11 Å². The SMILES string of the molecule is CCCC1=C(CS[C@H]2CN3CCC[C@]3(CO)C2)CC1. The summed E-state index contributed by atoms with van der Waals surface area (Å²) in [5.41, 5.74) is 3.67. The molecule has 3 aliphatic rings. The third-order valence-corrected chi connectivity index (χ3v) is 6.64. The second-order valence-corrected chi connectivity index (χ2v) is 7.81. The molecule has 19 heavy (non-hydrogen) atoms. The molecule has 0 aromatic rings. The normalized spacial score (nSPS) is 34.7. The summed E-state index contributed by atoms with van der Waals surface area (Å²) in [4.78, 5) is 2.56. The molecule has 0 bridgehead atoms. The van der Waals surface area contributed by atoms with E-state index in [9.17, 15) is 5.11 Å². The van der Waals surface area contributed by atoms with Crippen LogP contribution in [0.1, 0.15) is 51.9 Å². The standard InChI is InChI=1S/C16H27NOS/c1-2-4-13-5-6-14(13)11-19-15-9-16(12-18)7-3-8-17(16)10-15/h15,18H,2-12H2,1H3/t15-,16-/m1/s1. The van der Waals surface area contributed by atoms with Gasteiger partial charge in [0.1, 0.15) is 0 Å². The molecule has 2 nitrogen and oxygen atoms in total. The first-order chi connectivity index (χ1) is 9.27. The van der Waals surface area contributed by atoms with Crippen molar-refractivity contribution in [3.8, 4) is 0 Å². The van der Waals surface area contributed by atoms with E-state index in [4.69, 9.17) is 0 Å². The first kappa shape index (κ1) is 14.0. The fourth-order valence-corrected chi connectivity index (χ4v) is 5.57. The highest BCUT2D eigenvalue weighted by Gasteiger charge is 2.47. The van der Waals surface area contributed by atoms with Gasteiger partial charge in [-0.05, 0) is 45.1 Å². The monoisotopic (exact) mass is 281 g/mol. The van der Waals surface area contributed by atoms with Gasteiger partial charge in [-0.25, -0.2) is 0 Å². The van der Waals surface area contributed by atoms with Crippen LogP contribution in [0.2, 0.25) is 0 Å². The largest absolute Gasteiger partial charge is 0.394 e. The first-order valence-corrected chi connectivity index (χ1v) is 8.99. The van der Waals surface area contributed by atoms with Crippen LogP contribution in [0, 0.1) is 0 Å². The summed E-state index contributed by atoms with van der Waals surface area (Å²) >= 11 is 2.16. The van der Waals surface area contributed by atoms with Gasteiger partial charge >= 0.3 is 0 Å². The maximum Gasteiger partial charge on any atom is 0.0615 e. The number of aliphatic hydroxyl groups is 1. The Balaban J connectivity index is 1.52. The minimum absolute atomic E-state index is 0.165. The van der Waals surface area contributed by atoms with Crippen LogP contribution in [0.5, 0.6) is 0 Å². The van der Waals surface area contributed by atoms with Crippen LogP contribution < -0.4 is 0 Å². The fourth-order valence-electron chi connectivity index (χ4n) is 4.07. The molecule has 2 saturated heterocycles. The Labute approximate surface area is 121 Å². The Hall–Kier alpha value is 0.01000. The van der Waals surface area contributed by atoms with E-state index in [2.05, 4.69) is 23.6 Å². The van der Waals surface area contributed by atoms with Crippen LogP contribution in [-0.4, -0.2) is 46.2 Å². The summed E-state index contributed by atoms with van der Waals surface area (Å²) in [6, 6.07) is 0. The molecular formula is C16H27NOS. The van der Waals surface area contributed by atoms with Gasteiger partial charge in [0.05, 0.1) is 6.61 Å². The Morgan fingerprint density at radius 2 is 2.21 bits per heavy atom. The molecule has 2 atom stereocenters. The summed E-state index contributed by atoms with van der Waals surface area (Å²) in [6.07, 6.45) is 9.05. The van der Waals surface area contributed by atoms with Gasteiger partial charge in [-0.1, -0.05) is 24.5 Å². The average Bonchev–Trinajstić information content (AvgIpc) is 2.91. The van der Waals surface area contributed by atoms with Crippen molar-refractivity contribution in [3.05, 3.63) is 11.1 Å². The number of hydrogen-bond acceptors (Lipinski definition) is 3. The fraction of sp³-hybridized carbons (Fsp3) is 0.875. The Kier molecular flexibility index (Phi) is 4.25. The predicted molar refractivity (Wildman–Crippen MR) is 82.7 cm³/mol. The van der Waals surface area contributed by atoms with E-state index in [0.717, 1.165) is 5.25 Å². The topological polar surface area (TPSA) is 23.5 Å². The molecule has 2 fully saturated rings. The van der Waals surface area contributed by atoms with Crippen molar-refractivity contribution in [2.24, 2.45) is 0 Å². The van der Waals surface area contributed by atoms with Gasteiger partial charge in [0.2, 0.25) is 0 Å². The Morgan fingerprint density at radius 3 is 2.84 bits per heavy atom. The van der Waals surface area contributed by atoms with Gasteiger partial charge in [-0.15, -0.1) is 0 Å². The molecule has 3 heteroatoms. The van der Waals surface area contributed by atoms with Crippen molar-refractivity contribution in [2.75, 3.05) is 25.4 Å². The lowest BCUT2D eigenvalue weighted by Crippen LogP contribution is -2.41. The maximum absolute atomic E-state index is 9.73. The Bertz CT molecular complexity index is 368. The van der Waals surface area contributed by atoms with E-state index in [-0.39, 0.29) is 5.54 Å². The smallest absolute Gasteiger partial charge is 0.0615 e. The van der Waals surface area contributed by atoms with E-state index < -0.39 is 0 Å². The number of nitrogens with zero attached hydrogens (tertiary/aromatic N) is 1. The molecule has 3 rings (SSSR count). The molecule has 108 valence electrons. The van der Waals surface area contributed by atoms with Crippen molar-refractivity contribution in [1.82, 2.24) is 4.90 Å². The zero-order chi connectivity index (χ0) is 13.3. The lowest BCUT2D eigenvalue weighted by molar-refractivity contribution is 0.0999. The van der Waals surface area contributed by atoms with E-state index in [1.54, 1.807) is 11.1 Å². The van der Waals surface area contributed by atoms with Gasteiger partial charge in [0.25, 0.3) is 0 Å². The van der Waals surface area contributed by atoms with Crippen LogP contribution in [0.15, 0.2) is 11.1 Å². The molecule has 1 aliphatic carbocycles. The summed E-state index contributed by atoms with van der Waals surface area (Å²) in [5.74, 6) is 1.26. The number of hydrogen-bond donors (Lipinski definition) is 1. The van der Waals surface area contributed by atoms with Crippen LogP contribution in [0.4, 0.5) is 0 Å². The van der Waals surface area contributed by atoms with E-state index >= 15 is 0 Å². The molecule has 0 saturated carbocycles. The van der Waals surface area contributed by atoms with Gasteiger partial charge in [0, 0.05) is 23.1 Å². The lowest BCUT2D eigenvalue weighted by atomic mass is 9.87. The van der Waals surface area contributed by atoms with Crippen LogP contribution in [0.3, 0.4) is 0 Å². The zero-order valence-electron chi connectivity index (χ0n) is 12.2. The molecule has 0 aromatic heterocycles. The number of fused-ring (bicyclic) bond motifs is 1. The molecule has 1 N–H and O–H groups in total. The molecular weight excluding hydrogens is 254 g/mol. The predicted octanol–water partition coefficient (Wildman–Crippen LogP) is 3.21. The van der Waals surface area contributed by atoms with E-state index in [1.165, 1.54) is 63.8 Å². The second-order valence-electron chi connectivity index (χ2n) is 6.53. The highest BCUT2D eigenvalue weighted by Crippen LogP contribution is 2.44. The van der Waals surface area contributed by atoms with Crippen LogP contribution >= 0.6 is 11.8 Å². The molecule has 0 unspecified atom stereocenters. The lowest BCUT2D eigenvalue weighted by Gasteiger charge is -2.29. The quantitative estimate of drug-likeness (QED) is 0.756. The van der Waals surface area contributed by atoms with Crippen molar-refractivity contribution in [2.45, 2.75) is 62.7 Å². The first-order valence-electron chi connectivity index (χ1n) is 7.95. The van der Waals surface area contributed by atoms with Crippen LogP contribution in [-0.2, 0) is 0 Å². The second kappa shape index (κ2) is 5.79. The maximum atomic E-state index is 9.73. The van der Waals surface area contributed by atoms with Crippen molar-refractivity contribution in [3.63, 3.8) is 0 Å². The molecule has 0 aromatic carbocycles. The highest BCUT2D eigenvalue weighted by atomic mass is 32.2. The van der Waals surface area contributed by atoms with E-state index in [0.29, 0.717) is 6.61 Å². The van der Waals surface area contributed by atoms with E-state index in [1.807, 2.05) is 0 Å². The van der Waals surface area contributed by atoms with Gasteiger partial charge in [-0.3, -0.25) is 4.90 Å². The molecule has 0 amide bonds. The minimum atomic E-state index is 0.165. The summed E-state index contributed by atoms with van der Waals surface area (Å²) in [7, 11) is 0. The molecule has 0 spiro atoms.